The minimum atomic E-state index is -0.111. The Bertz CT molecular complexity index is 742. The summed E-state index contributed by atoms with van der Waals surface area (Å²) in [7, 11) is 2.13. The smallest absolute Gasteiger partial charge is 0.251 e. The van der Waals surface area contributed by atoms with E-state index in [0.29, 0.717) is 24.5 Å². The number of benzene rings is 1. The summed E-state index contributed by atoms with van der Waals surface area (Å²) >= 11 is 0. The van der Waals surface area contributed by atoms with E-state index in [1.807, 2.05) is 37.4 Å². The Labute approximate surface area is 154 Å². The van der Waals surface area contributed by atoms with Crippen LogP contribution in [0.25, 0.3) is 0 Å². The molecular weight excluding hydrogens is 328 g/mol. The highest BCUT2D eigenvalue weighted by molar-refractivity contribution is 5.94. The average Bonchev–Trinajstić information content (AvgIpc) is 2.67. The van der Waals surface area contributed by atoms with Gasteiger partial charge in [-0.15, -0.1) is 0 Å². The second kappa shape index (κ2) is 8.67. The molecule has 0 unspecified atom stereocenters. The predicted octanol–water partition coefficient (Wildman–Crippen LogP) is 2.16. The highest BCUT2D eigenvalue weighted by Crippen LogP contribution is 2.19. The summed E-state index contributed by atoms with van der Waals surface area (Å²) in [5, 5.41) is 3.00. The lowest BCUT2D eigenvalue weighted by Crippen LogP contribution is -2.45. The first-order valence-electron chi connectivity index (χ1n) is 9.06. The second-order valence-corrected chi connectivity index (χ2v) is 6.42. The number of amides is 1. The first-order valence-corrected chi connectivity index (χ1v) is 9.06. The van der Waals surface area contributed by atoms with Gasteiger partial charge in [0.2, 0.25) is 0 Å². The molecule has 1 aliphatic rings. The van der Waals surface area contributed by atoms with Crippen molar-refractivity contribution in [3.8, 4) is 5.75 Å². The van der Waals surface area contributed by atoms with Crippen LogP contribution in [-0.2, 0) is 6.54 Å². The van der Waals surface area contributed by atoms with E-state index >= 15 is 0 Å². The molecule has 0 saturated carbocycles. The zero-order chi connectivity index (χ0) is 18.4. The van der Waals surface area contributed by atoms with Crippen molar-refractivity contribution in [3.05, 3.63) is 53.7 Å². The first kappa shape index (κ1) is 18.2. The molecule has 1 N–H and O–H groups in total. The van der Waals surface area contributed by atoms with Crippen LogP contribution in [0.3, 0.4) is 0 Å². The second-order valence-electron chi connectivity index (χ2n) is 6.42. The number of piperazine rings is 1. The maximum Gasteiger partial charge on any atom is 0.251 e. The van der Waals surface area contributed by atoms with Crippen molar-refractivity contribution in [1.82, 2.24) is 15.2 Å². The molecule has 0 radical (unpaired) electrons. The Morgan fingerprint density at radius 2 is 2.00 bits per heavy atom. The molecule has 6 nitrogen and oxygen atoms in total. The fourth-order valence-corrected chi connectivity index (χ4v) is 3.04. The van der Waals surface area contributed by atoms with Crippen molar-refractivity contribution in [2.24, 2.45) is 0 Å². The fourth-order valence-electron chi connectivity index (χ4n) is 3.04. The van der Waals surface area contributed by atoms with Crippen molar-refractivity contribution < 1.29 is 9.53 Å². The Kier molecular flexibility index (Phi) is 6.07. The Hall–Kier alpha value is -2.60. The largest absolute Gasteiger partial charge is 0.494 e. The summed E-state index contributed by atoms with van der Waals surface area (Å²) < 4.78 is 5.47. The van der Waals surface area contributed by atoms with E-state index in [2.05, 4.69) is 27.1 Å². The van der Waals surface area contributed by atoms with Gasteiger partial charge in [-0.25, -0.2) is 4.98 Å². The SMILES string of the molecule is CCOc1cccc(C(=O)NCc2cccnc2N2CCN(C)CC2)c1. The van der Waals surface area contributed by atoms with Gasteiger partial charge in [0.25, 0.3) is 5.91 Å². The summed E-state index contributed by atoms with van der Waals surface area (Å²) in [6, 6.07) is 11.2. The molecule has 138 valence electrons. The molecule has 1 saturated heterocycles. The Balaban J connectivity index is 1.66. The van der Waals surface area contributed by atoms with Crippen LogP contribution >= 0.6 is 0 Å². The van der Waals surface area contributed by atoms with Gasteiger partial charge in [-0.1, -0.05) is 12.1 Å². The van der Waals surface area contributed by atoms with Gasteiger partial charge in [0.05, 0.1) is 6.61 Å². The summed E-state index contributed by atoms with van der Waals surface area (Å²) in [6.07, 6.45) is 1.81. The highest BCUT2D eigenvalue weighted by Gasteiger charge is 2.18. The van der Waals surface area contributed by atoms with Gasteiger partial charge in [-0.3, -0.25) is 4.79 Å². The van der Waals surface area contributed by atoms with Crippen LogP contribution in [0, 0.1) is 0 Å². The van der Waals surface area contributed by atoms with Gasteiger partial charge >= 0.3 is 0 Å². The molecule has 1 fully saturated rings. The molecular formula is C20H26N4O2. The molecule has 1 amide bonds. The molecule has 1 aromatic heterocycles. The standard InChI is InChI=1S/C20H26N4O2/c1-3-26-18-8-4-6-16(14-18)20(25)22-15-17-7-5-9-21-19(17)24-12-10-23(2)11-13-24/h4-9,14H,3,10-13,15H2,1-2H3,(H,22,25). The Morgan fingerprint density at radius 1 is 1.19 bits per heavy atom. The van der Waals surface area contributed by atoms with Crippen LogP contribution in [0.1, 0.15) is 22.8 Å². The summed E-state index contributed by atoms with van der Waals surface area (Å²) in [5.41, 5.74) is 1.63. The van der Waals surface area contributed by atoms with E-state index in [0.717, 1.165) is 37.6 Å². The third kappa shape index (κ3) is 4.52. The van der Waals surface area contributed by atoms with Crippen LogP contribution in [-0.4, -0.2) is 55.6 Å². The van der Waals surface area contributed by atoms with Crippen molar-refractivity contribution in [2.75, 3.05) is 44.7 Å². The molecule has 3 rings (SSSR count). The van der Waals surface area contributed by atoms with Crippen molar-refractivity contribution >= 4 is 11.7 Å². The van der Waals surface area contributed by atoms with E-state index in [4.69, 9.17) is 4.74 Å². The molecule has 0 atom stereocenters. The van der Waals surface area contributed by atoms with Gasteiger partial charge < -0.3 is 19.9 Å². The minimum Gasteiger partial charge on any atom is -0.494 e. The number of likely N-dealkylation sites (N-methyl/N-ethyl adjacent to an activating group) is 1. The predicted molar refractivity (Wildman–Crippen MR) is 103 cm³/mol. The minimum absolute atomic E-state index is 0.111. The lowest BCUT2D eigenvalue weighted by molar-refractivity contribution is 0.0950. The van der Waals surface area contributed by atoms with E-state index in [9.17, 15) is 4.79 Å². The van der Waals surface area contributed by atoms with Crippen molar-refractivity contribution in [3.63, 3.8) is 0 Å². The van der Waals surface area contributed by atoms with Gasteiger partial charge in [0, 0.05) is 50.0 Å². The van der Waals surface area contributed by atoms with Gasteiger partial charge in [-0.05, 0) is 38.2 Å². The molecule has 0 bridgehead atoms. The zero-order valence-electron chi connectivity index (χ0n) is 15.4. The van der Waals surface area contributed by atoms with Crippen molar-refractivity contribution in [1.29, 1.82) is 0 Å². The molecule has 0 spiro atoms. The van der Waals surface area contributed by atoms with E-state index in [1.54, 1.807) is 12.1 Å². The first-order chi connectivity index (χ1) is 12.7. The molecule has 0 aliphatic carbocycles. The van der Waals surface area contributed by atoms with E-state index in [-0.39, 0.29) is 5.91 Å². The summed E-state index contributed by atoms with van der Waals surface area (Å²) in [4.78, 5) is 21.7. The Morgan fingerprint density at radius 3 is 2.77 bits per heavy atom. The normalized spacial score (nSPS) is 14.9. The molecule has 6 heteroatoms. The number of anilines is 1. The number of pyridine rings is 1. The number of nitrogens with zero attached hydrogens (tertiary/aromatic N) is 3. The van der Waals surface area contributed by atoms with E-state index in [1.165, 1.54) is 0 Å². The van der Waals surface area contributed by atoms with Crippen LogP contribution in [0.5, 0.6) is 5.75 Å². The zero-order valence-corrected chi connectivity index (χ0v) is 15.4. The number of carbonyl (C=O) groups excluding carboxylic acids is 1. The number of ether oxygens (including phenoxy) is 1. The fraction of sp³-hybridized carbons (Fsp3) is 0.400. The average molecular weight is 354 g/mol. The van der Waals surface area contributed by atoms with Crippen LogP contribution in [0.2, 0.25) is 0 Å². The monoisotopic (exact) mass is 354 g/mol. The number of carbonyl (C=O) groups is 1. The molecule has 26 heavy (non-hydrogen) atoms. The number of hydrogen-bond donors (Lipinski definition) is 1. The number of rotatable bonds is 6. The van der Waals surface area contributed by atoms with Gasteiger partial charge in [0.15, 0.2) is 0 Å². The van der Waals surface area contributed by atoms with E-state index < -0.39 is 0 Å². The van der Waals surface area contributed by atoms with Crippen molar-refractivity contribution in [2.45, 2.75) is 13.5 Å². The maximum atomic E-state index is 12.5. The van der Waals surface area contributed by atoms with Crippen LogP contribution in [0.15, 0.2) is 42.6 Å². The number of hydrogen-bond acceptors (Lipinski definition) is 5. The van der Waals surface area contributed by atoms with Gasteiger partial charge in [0.1, 0.15) is 11.6 Å². The lowest BCUT2D eigenvalue weighted by atomic mass is 10.2. The maximum absolute atomic E-state index is 12.5. The lowest BCUT2D eigenvalue weighted by Gasteiger charge is -2.34. The number of aromatic nitrogens is 1. The molecule has 2 heterocycles. The van der Waals surface area contributed by atoms with Crippen LogP contribution in [0.4, 0.5) is 5.82 Å². The third-order valence-corrected chi connectivity index (χ3v) is 4.52. The van der Waals surface area contributed by atoms with Crippen LogP contribution < -0.4 is 15.0 Å². The quantitative estimate of drug-likeness (QED) is 0.862. The number of nitrogens with one attached hydrogen (secondary N) is 1. The molecule has 1 aliphatic heterocycles. The topological polar surface area (TPSA) is 57.7 Å². The van der Waals surface area contributed by atoms with Gasteiger partial charge in [-0.2, -0.15) is 0 Å². The molecule has 1 aromatic carbocycles. The summed E-state index contributed by atoms with van der Waals surface area (Å²) in [5.74, 6) is 1.56. The third-order valence-electron chi connectivity index (χ3n) is 4.52. The highest BCUT2D eigenvalue weighted by atomic mass is 16.5. The molecule has 2 aromatic rings. The summed E-state index contributed by atoms with van der Waals surface area (Å²) in [6.45, 7) is 6.90.